The van der Waals surface area contributed by atoms with Crippen LogP contribution in [0.1, 0.15) is 48.8 Å². The number of tetrazole rings is 1. The zero-order valence-electron chi connectivity index (χ0n) is 23.5. The fourth-order valence-corrected chi connectivity index (χ4v) is 4.88. The summed E-state index contributed by atoms with van der Waals surface area (Å²) >= 11 is 0. The Morgan fingerprint density at radius 3 is 2.73 bits per heavy atom. The molecule has 1 saturated heterocycles. The number of ether oxygens (including phenoxy) is 2. The number of amides is 1. The summed E-state index contributed by atoms with van der Waals surface area (Å²) in [5.74, 6) is 0.889. The van der Waals surface area contributed by atoms with Crippen LogP contribution in [-0.4, -0.2) is 72.8 Å². The molecule has 1 aromatic carbocycles. The van der Waals surface area contributed by atoms with Crippen molar-refractivity contribution in [2.45, 2.75) is 45.9 Å². The summed E-state index contributed by atoms with van der Waals surface area (Å²) in [5, 5.41) is 20.4. The van der Waals surface area contributed by atoms with E-state index in [-0.39, 0.29) is 18.6 Å². The van der Waals surface area contributed by atoms with Crippen molar-refractivity contribution in [1.29, 1.82) is 0 Å². The van der Waals surface area contributed by atoms with Gasteiger partial charge in [-0.25, -0.2) is 9.78 Å². The predicted octanol–water partition coefficient (Wildman–Crippen LogP) is 3.53. The summed E-state index contributed by atoms with van der Waals surface area (Å²) in [6, 6.07) is 11.3. The van der Waals surface area contributed by atoms with Crippen molar-refractivity contribution in [2.75, 3.05) is 24.6 Å². The normalized spacial score (nSPS) is 15.8. The number of carbonyl (C=O) groups is 2. The van der Waals surface area contributed by atoms with Crippen molar-refractivity contribution in [3.05, 3.63) is 59.9 Å². The topological polar surface area (TPSA) is 142 Å². The first kappa shape index (κ1) is 27.9. The number of hydrogen-bond donors (Lipinski definition) is 1. The lowest BCUT2D eigenvalue weighted by atomic mass is 10.0. The molecule has 41 heavy (non-hydrogen) atoms. The van der Waals surface area contributed by atoms with Gasteiger partial charge in [0.15, 0.2) is 0 Å². The third kappa shape index (κ3) is 5.94. The molecule has 4 heterocycles. The summed E-state index contributed by atoms with van der Waals surface area (Å²) in [4.78, 5) is 33.1. The van der Waals surface area contributed by atoms with E-state index in [0.717, 1.165) is 42.6 Å². The summed E-state index contributed by atoms with van der Waals surface area (Å²) in [6.07, 6.45) is 3.70. The van der Waals surface area contributed by atoms with Gasteiger partial charge in [-0.05, 0) is 74.7 Å². The van der Waals surface area contributed by atoms with Gasteiger partial charge in [0.25, 0.3) is 5.91 Å². The molecule has 1 fully saturated rings. The van der Waals surface area contributed by atoms with E-state index in [1.54, 1.807) is 38.0 Å². The highest BCUT2D eigenvalue weighted by Gasteiger charge is 2.30. The second-order valence-corrected chi connectivity index (χ2v) is 9.76. The molecule has 0 radical (unpaired) electrons. The number of nitrogens with zero attached hydrogens (tertiary/aromatic N) is 8. The van der Waals surface area contributed by atoms with Crippen LogP contribution in [0.25, 0.3) is 22.6 Å². The largest absolute Gasteiger partial charge is 0.510 e. The molecule has 13 heteroatoms. The molecule has 3 aromatic heterocycles. The Balaban J connectivity index is 1.40. The molecule has 0 aliphatic carbocycles. The zero-order valence-corrected chi connectivity index (χ0v) is 23.5. The molecule has 1 N–H and O–H groups in total. The molecule has 1 aliphatic rings. The fourth-order valence-electron chi connectivity index (χ4n) is 4.88. The first-order valence-corrected chi connectivity index (χ1v) is 13.6. The highest BCUT2D eigenvalue weighted by molar-refractivity contribution is 6.06. The van der Waals surface area contributed by atoms with Crippen LogP contribution < -0.4 is 10.2 Å². The molecule has 0 bridgehead atoms. The maximum atomic E-state index is 13.9. The second kappa shape index (κ2) is 12.3. The highest BCUT2D eigenvalue weighted by atomic mass is 16.7. The van der Waals surface area contributed by atoms with Crippen LogP contribution in [0.4, 0.5) is 10.6 Å². The number of nitrogens with one attached hydrogen (secondary N) is 1. The summed E-state index contributed by atoms with van der Waals surface area (Å²) in [7, 11) is 1.78. The first-order valence-electron chi connectivity index (χ1n) is 13.6. The molecule has 0 saturated carbocycles. The number of hydrogen-bond acceptors (Lipinski definition) is 10. The van der Waals surface area contributed by atoms with E-state index in [1.165, 1.54) is 4.80 Å². The fraction of sp³-hybridized carbons (Fsp3) is 0.393. The molecular formula is C28H33N9O4. The monoisotopic (exact) mass is 559 g/mol. The van der Waals surface area contributed by atoms with E-state index in [2.05, 4.69) is 30.8 Å². The minimum absolute atomic E-state index is 0.0124. The number of rotatable bonds is 8. The van der Waals surface area contributed by atoms with E-state index in [9.17, 15) is 9.59 Å². The van der Waals surface area contributed by atoms with Crippen LogP contribution >= 0.6 is 0 Å². The Labute approximate surface area is 237 Å². The van der Waals surface area contributed by atoms with E-state index >= 15 is 0 Å². The van der Waals surface area contributed by atoms with Gasteiger partial charge in [-0.2, -0.15) is 5.10 Å². The highest BCUT2D eigenvalue weighted by Crippen LogP contribution is 2.31. The Bertz CT molecular complexity index is 1510. The van der Waals surface area contributed by atoms with Gasteiger partial charge in [-0.15, -0.1) is 15.0 Å². The number of carbonyl (C=O) groups excluding carboxylic acids is 2. The average Bonchev–Trinajstić information content (AvgIpc) is 3.62. The smallest absolute Gasteiger partial charge is 0.435 e. The van der Waals surface area contributed by atoms with Gasteiger partial charge in [-0.3, -0.25) is 14.4 Å². The van der Waals surface area contributed by atoms with E-state index < -0.39 is 12.4 Å². The van der Waals surface area contributed by atoms with E-state index in [4.69, 9.17) is 9.47 Å². The van der Waals surface area contributed by atoms with Crippen molar-refractivity contribution in [2.24, 2.45) is 7.05 Å². The third-order valence-corrected chi connectivity index (χ3v) is 6.94. The molecule has 4 aromatic rings. The van der Waals surface area contributed by atoms with Gasteiger partial charge in [-0.1, -0.05) is 18.2 Å². The number of aromatic nitrogens is 7. The Morgan fingerprint density at radius 2 is 2.02 bits per heavy atom. The van der Waals surface area contributed by atoms with Gasteiger partial charge in [0.05, 0.1) is 18.8 Å². The van der Waals surface area contributed by atoms with Crippen LogP contribution in [0.3, 0.4) is 0 Å². The standard InChI is InChI=1S/C28H33N9O4/c1-5-40-28(39)41-19(3)37-33-25(32-34-37)24-23(17-31-35(24)4)20-10-12-21(13-11-20)27(38)36(22-9-7-14-29-16-22)26-18(2)8-6-15-30-26/h6,8,10-13,15,17,19,22,29H,5,7,9,14,16H2,1-4H3/t19-,22+/m0/s1. The molecule has 5 rings (SSSR count). The van der Waals surface area contributed by atoms with E-state index in [1.807, 2.05) is 48.2 Å². The molecule has 13 nitrogen and oxygen atoms in total. The molecule has 0 spiro atoms. The maximum Gasteiger partial charge on any atom is 0.510 e. The van der Waals surface area contributed by atoms with Crippen LogP contribution in [0, 0.1) is 6.92 Å². The lowest BCUT2D eigenvalue weighted by Crippen LogP contribution is -2.49. The number of benzene rings is 1. The van der Waals surface area contributed by atoms with Crippen LogP contribution in [-0.2, 0) is 16.5 Å². The minimum atomic E-state index is -0.817. The summed E-state index contributed by atoms with van der Waals surface area (Å²) in [5.41, 5.74) is 3.72. The third-order valence-electron chi connectivity index (χ3n) is 6.94. The van der Waals surface area contributed by atoms with Gasteiger partial charge in [0.1, 0.15) is 11.5 Å². The first-order chi connectivity index (χ1) is 19.9. The number of piperidine rings is 1. The average molecular weight is 560 g/mol. The van der Waals surface area contributed by atoms with Crippen LogP contribution in [0.15, 0.2) is 48.8 Å². The quantitative estimate of drug-likeness (QED) is 0.319. The van der Waals surface area contributed by atoms with Gasteiger partial charge in [0.2, 0.25) is 12.1 Å². The van der Waals surface area contributed by atoms with Gasteiger partial charge >= 0.3 is 6.16 Å². The summed E-state index contributed by atoms with van der Waals surface area (Å²) < 4.78 is 11.6. The van der Waals surface area contributed by atoms with Gasteiger partial charge in [0, 0.05) is 30.9 Å². The molecule has 1 amide bonds. The second-order valence-electron chi connectivity index (χ2n) is 9.76. The molecule has 214 valence electrons. The van der Waals surface area contributed by atoms with Crippen LogP contribution in [0.2, 0.25) is 0 Å². The molecule has 2 atom stereocenters. The number of aryl methyl sites for hydroxylation is 2. The van der Waals surface area contributed by atoms with E-state index in [0.29, 0.717) is 22.9 Å². The number of pyridine rings is 1. The van der Waals surface area contributed by atoms with Crippen LogP contribution in [0.5, 0.6) is 0 Å². The molecule has 1 aliphatic heterocycles. The van der Waals surface area contributed by atoms with Crippen molar-refractivity contribution in [3.8, 4) is 22.6 Å². The van der Waals surface area contributed by atoms with Crippen molar-refractivity contribution < 1.29 is 19.1 Å². The maximum absolute atomic E-state index is 13.9. The minimum Gasteiger partial charge on any atom is -0.435 e. The number of anilines is 1. The van der Waals surface area contributed by atoms with Crippen molar-refractivity contribution >= 4 is 17.9 Å². The Morgan fingerprint density at radius 1 is 1.22 bits per heavy atom. The molecular weight excluding hydrogens is 526 g/mol. The Hall–Kier alpha value is -4.65. The van der Waals surface area contributed by atoms with Gasteiger partial charge < -0.3 is 14.8 Å². The predicted molar refractivity (Wildman–Crippen MR) is 150 cm³/mol. The van der Waals surface area contributed by atoms with Crippen molar-refractivity contribution in [1.82, 2.24) is 40.3 Å². The molecule has 0 unspecified atom stereocenters. The Kier molecular flexibility index (Phi) is 8.34. The zero-order chi connectivity index (χ0) is 28.9. The van der Waals surface area contributed by atoms with Crippen molar-refractivity contribution in [3.63, 3.8) is 0 Å². The summed E-state index contributed by atoms with van der Waals surface area (Å²) in [6.45, 7) is 7.14. The lowest BCUT2D eigenvalue weighted by molar-refractivity contribution is -0.00514. The SMILES string of the molecule is CCOC(=O)O[C@@H](C)n1nnc(-c2c(-c3ccc(C(=O)N(c4ncccc4C)[C@@H]4CCCNC4)cc3)cnn2C)n1. The lowest BCUT2D eigenvalue weighted by Gasteiger charge is -2.34.